The van der Waals surface area contributed by atoms with Crippen LogP contribution in [-0.4, -0.2) is 15.0 Å². The lowest BCUT2D eigenvalue weighted by Gasteiger charge is -2.21. The van der Waals surface area contributed by atoms with Crippen molar-refractivity contribution in [3.63, 3.8) is 0 Å². The standard InChI is InChI=1S/C53H35N3S/c1-5-16-36(17-6-1)42-25-15-26-44(34-42)52-54-51(55-53(56-52)48-35-43-24-13-14-27-47(43)57-48)41-30-28-38(29-31-41)46-33-32-45(37-18-7-2-8-19-37)49(39-20-9-3-10-21-39)50(46)40-22-11-4-12-23-40/h1-35H. The molecule has 0 bridgehead atoms. The number of nitrogens with zero attached hydrogens (tertiary/aromatic N) is 3. The first-order valence-electron chi connectivity index (χ1n) is 19.1. The fourth-order valence-electron chi connectivity index (χ4n) is 7.61. The van der Waals surface area contributed by atoms with E-state index in [1.54, 1.807) is 11.3 Å². The summed E-state index contributed by atoms with van der Waals surface area (Å²) in [4.78, 5) is 16.4. The first kappa shape index (κ1) is 34.2. The summed E-state index contributed by atoms with van der Waals surface area (Å²) in [5, 5.41) is 1.18. The van der Waals surface area contributed by atoms with Crippen molar-refractivity contribution in [2.75, 3.05) is 0 Å². The predicted molar refractivity (Wildman–Crippen MR) is 239 cm³/mol. The third-order valence-electron chi connectivity index (χ3n) is 10.4. The van der Waals surface area contributed by atoms with Gasteiger partial charge in [-0.3, -0.25) is 0 Å². The second-order valence-electron chi connectivity index (χ2n) is 14.0. The second kappa shape index (κ2) is 15.1. The van der Waals surface area contributed by atoms with Crippen molar-refractivity contribution in [1.82, 2.24) is 15.0 Å². The minimum absolute atomic E-state index is 0.636. The Morgan fingerprint density at radius 1 is 0.281 bits per heavy atom. The van der Waals surface area contributed by atoms with Crippen LogP contribution < -0.4 is 0 Å². The molecule has 0 unspecified atom stereocenters. The summed E-state index contributed by atoms with van der Waals surface area (Å²) < 4.78 is 1.20. The van der Waals surface area contributed by atoms with Crippen LogP contribution in [0.4, 0.5) is 0 Å². The van der Waals surface area contributed by atoms with E-state index in [4.69, 9.17) is 15.0 Å². The van der Waals surface area contributed by atoms with Crippen LogP contribution >= 0.6 is 11.3 Å². The maximum atomic E-state index is 5.14. The van der Waals surface area contributed by atoms with Crippen molar-refractivity contribution in [1.29, 1.82) is 0 Å². The molecule has 0 N–H and O–H groups in total. The number of hydrogen-bond donors (Lipinski definition) is 0. The first-order valence-corrected chi connectivity index (χ1v) is 19.9. The smallest absolute Gasteiger partial charge is 0.174 e. The van der Waals surface area contributed by atoms with E-state index in [1.807, 2.05) is 6.07 Å². The van der Waals surface area contributed by atoms with E-state index in [9.17, 15) is 0 Å². The molecular weight excluding hydrogens is 711 g/mol. The minimum Gasteiger partial charge on any atom is -0.208 e. The molecule has 0 saturated heterocycles. The summed E-state index contributed by atoms with van der Waals surface area (Å²) in [6.45, 7) is 0. The number of benzene rings is 8. The van der Waals surface area contributed by atoms with Gasteiger partial charge in [0.15, 0.2) is 17.5 Å². The van der Waals surface area contributed by atoms with Gasteiger partial charge in [0.25, 0.3) is 0 Å². The van der Waals surface area contributed by atoms with Crippen molar-refractivity contribution in [3.05, 3.63) is 212 Å². The summed E-state index contributed by atoms with van der Waals surface area (Å²) in [7, 11) is 0. The molecule has 0 aliphatic carbocycles. The van der Waals surface area contributed by atoms with Crippen molar-refractivity contribution >= 4 is 21.4 Å². The zero-order valence-corrected chi connectivity index (χ0v) is 31.8. The quantitative estimate of drug-likeness (QED) is 0.155. The number of aromatic nitrogens is 3. The van der Waals surface area contributed by atoms with Crippen molar-refractivity contribution in [2.45, 2.75) is 0 Å². The maximum absolute atomic E-state index is 5.14. The van der Waals surface area contributed by atoms with Gasteiger partial charge in [-0.1, -0.05) is 194 Å². The summed E-state index contributed by atoms with van der Waals surface area (Å²) in [5.41, 5.74) is 13.5. The molecular formula is C53H35N3S. The molecule has 57 heavy (non-hydrogen) atoms. The molecule has 3 nitrogen and oxygen atoms in total. The Morgan fingerprint density at radius 2 is 0.719 bits per heavy atom. The van der Waals surface area contributed by atoms with E-state index in [2.05, 4.69) is 206 Å². The Labute approximate surface area is 336 Å². The molecule has 0 radical (unpaired) electrons. The molecule has 0 aliphatic heterocycles. The third kappa shape index (κ3) is 6.84. The largest absolute Gasteiger partial charge is 0.208 e. The van der Waals surface area contributed by atoms with E-state index in [1.165, 1.54) is 43.5 Å². The number of thiophene rings is 1. The van der Waals surface area contributed by atoms with Crippen molar-refractivity contribution in [2.24, 2.45) is 0 Å². The monoisotopic (exact) mass is 745 g/mol. The second-order valence-corrected chi connectivity index (χ2v) is 15.1. The van der Waals surface area contributed by atoms with Gasteiger partial charge in [0, 0.05) is 15.8 Å². The van der Waals surface area contributed by atoms with Gasteiger partial charge in [-0.25, -0.2) is 15.0 Å². The molecule has 2 aromatic heterocycles. The van der Waals surface area contributed by atoms with Crippen LogP contribution in [0, 0.1) is 0 Å². The lowest BCUT2D eigenvalue weighted by molar-refractivity contribution is 1.08. The molecule has 0 aliphatic rings. The molecule has 10 aromatic rings. The molecule has 0 amide bonds. The fraction of sp³-hybridized carbons (Fsp3) is 0. The van der Waals surface area contributed by atoms with Crippen LogP contribution in [0.5, 0.6) is 0 Å². The number of rotatable bonds is 8. The molecule has 268 valence electrons. The van der Waals surface area contributed by atoms with Gasteiger partial charge in [-0.15, -0.1) is 11.3 Å². The van der Waals surface area contributed by atoms with Gasteiger partial charge >= 0.3 is 0 Å². The topological polar surface area (TPSA) is 38.7 Å². The van der Waals surface area contributed by atoms with Gasteiger partial charge in [-0.05, 0) is 79.2 Å². The Morgan fingerprint density at radius 3 is 1.32 bits per heavy atom. The van der Waals surface area contributed by atoms with Crippen LogP contribution in [0.2, 0.25) is 0 Å². The molecule has 10 rings (SSSR count). The third-order valence-corrected chi connectivity index (χ3v) is 11.5. The number of fused-ring (bicyclic) bond motifs is 1. The van der Waals surface area contributed by atoms with E-state index >= 15 is 0 Å². The van der Waals surface area contributed by atoms with E-state index in [-0.39, 0.29) is 0 Å². The Balaban J connectivity index is 1.12. The lowest BCUT2D eigenvalue weighted by Crippen LogP contribution is -1.99. The van der Waals surface area contributed by atoms with Gasteiger partial charge < -0.3 is 0 Å². The normalized spacial score (nSPS) is 11.2. The fourth-order valence-corrected chi connectivity index (χ4v) is 8.61. The van der Waals surface area contributed by atoms with Crippen LogP contribution in [0.1, 0.15) is 0 Å². The zero-order valence-electron chi connectivity index (χ0n) is 31.0. The van der Waals surface area contributed by atoms with Crippen LogP contribution in [0.15, 0.2) is 212 Å². The highest BCUT2D eigenvalue weighted by Crippen LogP contribution is 2.46. The van der Waals surface area contributed by atoms with Gasteiger partial charge in [-0.2, -0.15) is 0 Å². The average molecular weight is 746 g/mol. The van der Waals surface area contributed by atoms with Crippen LogP contribution in [0.3, 0.4) is 0 Å². The first-order chi connectivity index (χ1) is 28.2. The molecule has 2 heterocycles. The summed E-state index contributed by atoms with van der Waals surface area (Å²) >= 11 is 1.70. The van der Waals surface area contributed by atoms with Gasteiger partial charge in [0.05, 0.1) is 4.88 Å². The Hall–Kier alpha value is -7.27. The molecule has 0 saturated carbocycles. The zero-order chi connectivity index (χ0) is 38.0. The van der Waals surface area contributed by atoms with Crippen LogP contribution in [-0.2, 0) is 0 Å². The summed E-state index contributed by atoms with van der Waals surface area (Å²) in [6.07, 6.45) is 0. The highest BCUT2D eigenvalue weighted by Gasteiger charge is 2.20. The van der Waals surface area contributed by atoms with E-state index < -0.39 is 0 Å². The molecule has 8 aromatic carbocycles. The van der Waals surface area contributed by atoms with Crippen molar-refractivity contribution < 1.29 is 0 Å². The highest BCUT2D eigenvalue weighted by molar-refractivity contribution is 7.22. The van der Waals surface area contributed by atoms with E-state index in [0.29, 0.717) is 17.5 Å². The summed E-state index contributed by atoms with van der Waals surface area (Å²) in [5.74, 6) is 1.95. The van der Waals surface area contributed by atoms with E-state index in [0.717, 1.165) is 38.3 Å². The van der Waals surface area contributed by atoms with Crippen molar-refractivity contribution in [3.8, 4) is 89.1 Å². The van der Waals surface area contributed by atoms with Crippen LogP contribution in [0.25, 0.3) is 99.2 Å². The van der Waals surface area contributed by atoms with Gasteiger partial charge in [0.1, 0.15) is 0 Å². The molecule has 0 spiro atoms. The SMILES string of the molecule is c1ccc(-c2cccc(-c3nc(-c4ccc(-c5ccc(-c6ccccc6)c(-c6ccccc6)c5-c5ccccc5)cc4)nc(-c4cc5ccccc5s4)n3)c2)cc1. The number of hydrogen-bond acceptors (Lipinski definition) is 4. The average Bonchev–Trinajstić information content (AvgIpc) is 3.75. The molecule has 0 fully saturated rings. The lowest BCUT2D eigenvalue weighted by atomic mass is 9.83. The summed E-state index contributed by atoms with van der Waals surface area (Å²) in [6, 6.07) is 74.9. The predicted octanol–water partition coefficient (Wildman–Crippen LogP) is 14.4. The van der Waals surface area contributed by atoms with Gasteiger partial charge in [0.2, 0.25) is 0 Å². The maximum Gasteiger partial charge on any atom is 0.174 e. The molecule has 4 heteroatoms. The minimum atomic E-state index is 0.636. The highest BCUT2D eigenvalue weighted by atomic mass is 32.1. The Bertz CT molecular complexity index is 2940. The molecule has 0 atom stereocenters. The Kier molecular flexibility index (Phi) is 9.07.